The Morgan fingerprint density at radius 3 is 2.24 bits per heavy atom. The Morgan fingerprint density at radius 2 is 1.72 bits per heavy atom. The molecule has 0 spiro atoms. The molecule has 1 saturated heterocycles. The van der Waals surface area contributed by atoms with Crippen molar-refractivity contribution < 1.29 is 27.4 Å². The number of nitrogens with zero attached hydrogens (tertiary/aromatic N) is 3. The largest absolute Gasteiger partial charge is 0.484 e. The molecule has 1 aromatic carbocycles. The highest BCUT2D eigenvalue weighted by atomic mass is 127. The van der Waals surface area contributed by atoms with E-state index in [1.807, 2.05) is 4.90 Å². The molecule has 7 nitrogen and oxygen atoms in total. The molecule has 1 amide bonds. The number of piperazine rings is 1. The van der Waals surface area contributed by atoms with Crippen LogP contribution in [-0.4, -0.2) is 74.5 Å². The zero-order valence-corrected chi connectivity index (χ0v) is 18.7. The van der Waals surface area contributed by atoms with E-state index in [2.05, 4.69) is 10.3 Å². The minimum absolute atomic E-state index is 0. The fourth-order valence-corrected chi connectivity index (χ4v) is 2.70. The van der Waals surface area contributed by atoms with Crippen molar-refractivity contribution in [2.24, 2.45) is 4.99 Å². The summed E-state index contributed by atoms with van der Waals surface area (Å²) >= 11 is 0. The fourth-order valence-electron chi connectivity index (χ4n) is 2.70. The Hall–Kier alpha value is -1.92. The van der Waals surface area contributed by atoms with E-state index in [4.69, 9.17) is 9.47 Å². The number of carbonyl (C=O) groups is 1. The number of nitrogens with one attached hydrogen (secondary N) is 1. The SMILES string of the molecule is CCOC(=O)N1CCN(C(=NC)NCc2ccc(OCC(F)(F)F)cc2)CC1.I. The number of amides is 1. The third-order valence-corrected chi connectivity index (χ3v) is 4.09. The molecule has 164 valence electrons. The lowest BCUT2D eigenvalue weighted by Gasteiger charge is -2.35. The standard InChI is InChI=1S/C18H25F3N4O3.HI/c1-3-27-17(26)25-10-8-24(9-11-25)16(22-2)23-12-14-4-6-15(7-5-14)28-13-18(19,20)21;/h4-7H,3,8-13H2,1-2H3,(H,22,23);1H. The van der Waals surface area contributed by atoms with Crippen molar-refractivity contribution in [2.45, 2.75) is 19.6 Å². The molecule has 1 fully saturated rings. The van der Waals surface area contributed by atoms with Gasteiger partial charge in [-0.1, -0.05) is 12.1 Å². The van der Waals surface area contributed by atoms with Crippen LogP contribution in [0.2, 0.25) is 0 Å². The molecule has 0 saturated carbocycles. The van der Waals surface area contributed by atoms with Crippen molar-refractivity contribution >= 4 is 36.0 Å². The highest BCUT2D eigenvalue weighted by molar-refractivity contribution is 14.0. The maximum Gasteiger partial charge on any atom is 0.422 e. The van der Waals surface area contributed by atoms with Gasteiger partial charge in [-0.2, -0.15) is 13.2 Å². The molecule has 1 N–H and O–H groups in total. The van der Waals surface area contributed by atoms with Crippen LogP contribution in [0.1, 0.15) is 12.5 Å². The maximum atomic E-state index is 12.2. The van der Waals surface area contributed by atoms with Crippen molar-refractivity contribution in [3.63, 3.8) is 0 Å². The number of carbonyl (C=O) groups excluding carboxylic acids is 1. The average molecular weight is 530 g/mol. The van der Waals surface area contributed by atoms with Gasteiger partial charge in [0, 0.05) is 39.8 Å². The molecular weight excluding hydrogens is 504 g/mol. The Morgan fingerprint density at radius 1 is 1.14 bits per heavy atom. The molecular formula is C18H26F3IN4O3. The lowest BCUT2D eigenvalue weighted by Crippen LogP contribution is -2.53. The molecule has 0 unspecified atom stereocenters. The highest BCUT2D eigenvalue weighted by Crippen LogP contribution is 2.18. The Balaban J connectivity index is 0.00000420. The van der Waals surface area contributed by atoms with Gasteiger partial charge < -0.3 is 24.6 Å². The molecule has 1 aromatic rings. The van der Waals surface area contributed by atoms with Crippen LogP contribution < -0.4 is 10.1 Å². The predicted octanol–water partition coefficient (Wildman–Crippen LogP) is 3.10. The lowest BCUT2D eigenvalue weighted by molar-refractivity contribution is -0.153. The summed E-state index contributed by atoms with van der Waals surface area (Å²) in [5.74, 6) is 0.862. The van der Waals surface area contributed by atoms with Crippen molar-refractivity contribution in [1.29, 1.82) is 0 Å². The van der Waals surface area contributed by atoms with Crippen LogP contribution >= 0.6 is 24.0 Å². The fraction of sp³-hybridized carbons (Fsp3) is 0.556. The predicted molar refractivity (Wildman–Crippen MR) is 114 cm³/mol. The van der Waals surface area contributed by atoms with Gasteiger partial charge in [0.15, 0.2) is 12.6 Å². The summed E-state index contributed by atoms with van der Waals surface area (Å²) in [5, 5.41) is 3.22. The second-order valence-electron chi connectivity index (χ2n) is 6.12. The molecule has 0 aliphatic carbocycles. The van der Waals surface area contributed by atoms with E-state index in [-0.39, 0.29) is 35.8 Å². The molecule has 1 aliphatic heterocycles. The Bertz CT molecular complexity index is 663. The summed E-state index contributed by atoms with van der Waals surface area (Å²) in [6, 6.07) is 6.41. The van der Waals surface area contributed by atoms with E-state index in [0.29, 0.717) is 45.3 Å². The van der Waals surface area contributed by atoms with Gasteiger partial charge in [0.1, 0.15) is 5.75 Å². The van der Waals surface area contributed by atoms with E-state index >= 15 is 0 Å². The zero-order chi connectivity index (χ0) is 20.6. The third kappa shape index (κ3) is 8.54. The zero-order valence-electron chi connectivity index (χ0n) is 16.4. The smallest absolute Gasteiger partial charge is 0.422 e. The van der Waals surface area contributed by atoms with Crippen molar-refractivity contribution in [3.8, 4) is 5.75 Å². The first-order valence-electron chi connectivity index (χ1n) is 8.98. The number of halogens is 4. The minimum atomic E-state index is -4.36. The van der Waals surface area contributed by atoms with E-state index < -0.39 is 12.8 Å². The summed E-state index contributed by atoms with van der Waals surface area (Å²) in [6.07, 6.45) is -4.66. The van der Waals surface area contributed by atoms with Gasteiger partial charge in [0.2, 0.25) is 0 Å². The van der Waals surface area contributed by atoms with Gasteiger partial charge in [-0.25, -0.2) is 4.79 Å². The summed E-state index contributed by atoms with van der Waals surface area (Å²) in [6.45, 7) is 3.62. The van der Waals surface area contributed by atoms with Gasteiger partial charge in [-0.3, -0.25) is 4.99 Å². The van der Waals surface area contributed by atoms with Crippen LogP contribution in [0.25, 0.3) is 0 Å². The molecule has 0 radical (unpaired) electrons. The van der Waals surface area contributed by atoms with Crippen LogP contribution in [0.3, 0.4) is 0 Å². The van der Waals surface area contributed by atoms with Crippen LogP contribution in [0.15, 0.2) is 29.3 Å². The molecule has 11 heteroatoms. The molecule has 2 rings (SSSR count). The van der Waals surface area contributed by atoms with Gasteiger partial charge in [-0.15, -0.1) is 24.0 Å². The van der Waals surface area contributed by atoms with Crippen LogP contribution in [0.5, 0.6) is 5.75 Å². The van der Waals surface area contributed by atoms with E-state index in [1.54, 1.807) is 31.0 Å². The topological polar surface area (TPSA) is 66.4 Å². The first-order valence-corrected chi connectivity index (χ1v) is 8.98. The quantitative estimate of drug-likeness (QED) is 0.360. The number of hydrogen-bond acceptors (Lipinski definition) is 4. The van der Waals surface area contributed by atoms with Crippen molar-refractivity contribution in [2.75, 3.05) is 46.4 Å². The van der Waals surface area contributed by atoms with Crippen molar-refractivity contribution in [1.82, 2.24) is 15.1 Å². The summed E-state index contributed by atoms with van der Waals surface area (Å²) < 4.78 is 46.2. The Labute approximate surface area is 185 Å². The van der Waals surface area contributed by atoms with Crippen LogP contribution in [0, 0.1) is 0 Å². The first kappa shape index (κ1) is 25.1. The minimum Gasteiger partial charge on any atom is -0.484 e. The number of hydrogen-bond donors (Lipinski definition) is 1. The van der Waals surface area contributed by atoms with E-state index in [1.165, 1.54) is 12.1 Å². The van der Waals surface area contributed by atoms with Gasteiger partial charge in [0.25, 0.3) is 0 Å². The van der Waals surface area contributed by atoms with Crippen LogP contribution in [-0.2, 0) is 11.3 Å². The Kier molecular flexibility index (Phi) is 10.3. The van der Waals surface area contributed by atoms with Gasteiger partial charge >= 0.3 is 12.3 Å². The normalized spacial score (nSPS) is 14.9. The monoisotopic (exact) mass is 530 g/mol. The van der Waals surface area contributed by atoms with E-state index in [9.17, 15) is 18.0 Å². The first-order chi connectivity index (χ1) is 13.3. The number of guanidine groups is 1. The summed E-state index contributed by atoms with van der Waals surface area (Å²) in [7, 11) is 1.67. The highest BCUT2D eigenvalue weighted by Gasteiger charge is 2.28. The molecule has 0 aromatic heterocycles. The van der Waals surface area contributed by atoms with Gasteiger partial charge in [0.05, 0.1) is 6.61 Å². The molecule has 1 aliphatic rings. The molecule has 0 bridgehead atoms. The summed E-state index contributed by atoms with van der Waals surface area (Å²) in [4.78, 5) is 19.7. The number of rotatable bonds is 5. The number of benzene rings is 1. The summed E-state index contributed by atoms with van der Waals surface area (Å²) in [5.41, 5.74) is 0.880. The second kappa shape index (κ2) is 11.9. The number of ether oxygens (including phenoxy) is 2. The molecule has 0 atom stereocenters. The van der Waals surface area contributed by atoms with Crippen molar-refractivity contribution in [3.05, 3.63) is 29.8 Å². The third-order valence-electron chi connectivity index (χ3n) is 4.09. The molecule has 1 heterocycles. The number of aliphatic imine (C=N–C) groups is 1. The van der Waals surface area contributed by atoms with E-state index in [0.717, 1.165) is 5.56 Å². The molecule has 29 heavy (non-hydrogen) atoms. The van der Waals surface area contributed by atoms with Crippen LogP contribution in [0.4, 0.5) is 18.0 Å². The second-order valence-corrected chi connectivity index (χ2v) is 6.12. The average Bonchev–Trinajstić information content (AvgIpc) is 2.68. The number of alkyl halides is 3. The maximum absolute atomic E-state index is 12.2. The van der Waals surface area contributed by atoms with Gasteiger partial charge in [-0.05, 0) is 24.6 Å². The lowest BCUT2D eigenvalue weighted by atomic mass is 10.2.